The van der Waals surface area contributed by atoms with Gasteiger partial charge in [0.25, 0.3) is 0 Å². The summed E-state index contributed by atoms with van der Waals surface area (Å²) in [5.41, 5.74) is -0.506. The Hall–Kier alpha value is -6.75. The fraction of sp³-hybridized carbons (Fsp3) is 0.714. The van der Waals surface area contributed by atoms with E-state index in [0.29, 0.717) is 85.3 Å². The number of ether oxygens (including phenoxy) is 6. The van der Waals surface area contributed by atoms with Gasteiger partial charge in [0.1, 0.15) is 28.0 Å². The third-order valence-corrected chi connectivity index (χ3v) is 45.2. The molecule has 5 heterocycles. The Morgan fingerprint density at radius 2 is 0.599 bits per heavy atom. The number of aliphatic hydroxyl groups excluding tert-OH is 3. The van der Waals surface area contributed by atoms with Gasteiger partial charge in [0.05, 0.1) is 87.1 Å². The Morgan fingerprint density at radius 3 is 0.789 bits per heavy atom. The van der Waals surface area contributed by atoms with Crippen LogP contribution in [0.1, 0.15) is 305 Å². The molecule has 5 rings (SSSR count). The van der Waals surface area contributed by atoms with Crippen LogP contribution in [-0.2, 0) is 55.2 Å². The summed E-state index contributed by atoms with van der Waals surface area (Å²) in [5, 5.41) is 31.6. The topological polar surface area (TPSA) is 486 Å². The van der Waals surface area contributed by atoms with Crippen LogP contribution in [0.2, 0.25) is 90.7 Å². The van der Waals surface area contributed by atoms with Gasteiger partial charge in [-0.2, -0.15) is 11.1 Å². The molecule has 5 N–H and O–H groups in total. The number of Topliss-reactive ketones (excluding diaryl/α,β-unsaturated/α-hetero) is 3. The van der Waals surface area contributed by atoms with Crippen molar-refractivity contribution in [3.63, 3.8) is 0 Å². The fourth-order valence-corrected chi connectivity index (χ4v) is 12.5. The minimum Gasteiger partial charge on any atom is -1.00 e. The van der Waals surface area contributed by atoms with Gasteiger partial charge in [-0.1, -0.05) is 124 Å². The molecule has 49 heteroatoms. The van der Waals surface area contributed by atoms with Crippen molar-refractivity contribution in [2.75, 3.05) is 104 Å². The number of nitrogens with one attached hydrogen (secondary N) is 2. The van der Waals surface area contributed by atoms with Crippen molar-refractivity contribution in [1.82, 2.24) is 49.8 Å². The minimum atomic E-state index is -3.19. The van der Waals surface area contributed by atoms with Gasteiger partial charge in [0.2, 0.25) is 38.8 Å². The smallest absolute Gasteiger partial charge is 1.00 e. The van der Waals surface area contributed by atoms with Crippen LogP contribution in [0.4, 0.5) is 53.7 Å². The first-order chi connectivity index (χ1) is 64.5. The molecule has 3 radical (unpaired) electrons. The first-order valence-corrected chi connectivity index (χ1v) is 66.1. The van der Waals surface area contributed by atoms with E-state index in [1.165, 1.54) is 85.0 Å². The zero-order valence-electron chi connectivity index (χ0n) is 97.9. The van der Waals surface area contributed by atoms with Gasteiger partial charge in [0, 0.05) is 112 Å². The summed E-state index contributed by atoms with van der Waals surface area (Å²) in [6.45, 7) is 92.5. The maximum absolute atomic E-state index is 12.7. The van der Waals surface area contributed by atoms with Crippen LogP contribution in [0.3, 0.4) is 0 Å². The van der Waals surface area contributed by atoms with E-state index in [1.807, 2.05) is 48.5 Å². The number of aliphatic hydroxyl groups is 3. The third-order valence-electron chi connectivity index (χ3n) is 21.5. The summed E-state index contributed by atoms with van der Waals surface area (Å²) in [5.74, 6) is 1.41. The molecule has 0 bridgehead atoms. The standard InChI is InChI=1S/C19H34ClN3O3Si.C19H35N3O4Si.C19H33N3O4Si.C14H25N3O2Si.C10H18O5.C8H11N3O2.C6H15ClSi.CH3ClO2S.CH4O.CH4.B.Na.H/c1-14(20)15-12-21-16(22-13-15)23(17(24)26-18(2,3)4)10-11-25-27(8,9)19(5,6)7;2*1-14(23)15-12-20-16(21-13-15)22(17(24)26-18(2,3)4)10-11-25-27(8,9)19(5,6)7;1-11(18)12-9-16-13(17-10-12)15-7-8-19-20(5,6)14(2,3)4;1-9(2,3)14-7(11)13-8(12)15-10(4,5)6;1-6(13)7-4-10-8(11-5-7)9-2-3-12;1-6(2,3)8(4,5)7;1-5(2,3)4;1-2;;;;/h12-14H,10-11H2,1-9H3;12-14,23H,10-11H2,1-9H3;12-13H,10-11H2,1-9H3;9-10H,7-8H2,1-6H3,(H,15,16,17);1-6H3;4-5,12H,2-3H2,1H3,(H,9,10,11);1-5H3;1H3;2H,1H3;1H4;;;/q;;;;;;;;;;;+1;-1. The van der Waals surface area contributed by atoms with Crippen LogP contribution in [0.15, 0.2) is 62.0 Å². The maximum Gasteiger partial charge on any atom is 1.00 e. The maximum atomic E-state index is 12.7. The molecule has 0 aromatic carbocycles. The van der Waals surface area contributed by atoms with E-state index in [0.717, 1.165) is 18.9 Å². The average Bonchev–Trinajstić information content (AvgIpc) is 0.828. The van der Waals surface area contributed by atoms with E-state index < -0.39 is 114 Å². The van der Waals surface area contributed by atoms with E-state index in [9.17, 15) is 51.9 Å². The molecule has 2 atom stereocenters. The van der Waals surface area contributed by atoms with Crippen molar-refractivity contribution in [1.29, 1.82) is 0 Å². The van der Waals surface area contributed by atoms with Crippen LogP contribution < -0.4 is 54.9 Å². The van der Waals surface area contributed by atoms with Crippen molar-refractivity contribution in [3.05, 3.63) is 89.8 Å². The molecule has 5 aromatic rings. The molecule has 0 aliphatic carbocycles. The number of amides is 3. The molecule has 147 heavy (non-hydrogen) atoms. The van der Waals surface area contributed by atoms with Crippen molar-refractivity contribution in [2.45, 2.75) is 380 Å². The zero-order valence-corrected chi connectivity index (χ0v) is 107. The second-order valence-corrected chi connectivity index (χ2v) is 76.0. The molecular formula is C98H183BCl3N15NaO23SSi5. The number of hydrogen-bond acceptors (Lipinski definition) is 35. The minimum absolute atomic E-state index is 0. The number of rotatable bonds is 28. The summed E-state index contributed by atoms with van der Waals surface area (Å²) in [7, 11) is -6.56. The Labute approximate surface area is 925 Å². The second-order valence-electron chi connectivity index (χ2n) is 45.8. The van der Waals surface area contributed by atoms with E-state index in [2.05, 4.69) is 245 Å². The summed E-state index contributed by atoms with van der Waals surface area (Å²) in [6.07, 6.45) is 11.7. The molecule has 0 saturated carbocycles. The normalized spacial score (nSPS) is 12.4. The number of alkyl halides is 1. The molecule has 0 fully saturated rings. The van der Waals surface area contributed by atoms with E-state index in [1.54, 1.807) is 81.6 Å². The first kappa shape index (κ1) is 153. The predicted molar refractivity (Wildman–Crippen MR) is 602 cm³/mol. The summed E-state index contributed by atoms with van der Waals surface area (Å²) in [6, 6.07) is 0. The molecular weight excluding hydrogens is 2070 g/mol. The van der Waals surface area contributed by atoms with E-state index in [-0.39, 0.29) is 127 Å². The number of nitrogens with zero attached hydrogens (tertiary/aromatic N) is 13. The molecule has 38 nitrogen and oxygen atoms in total. The molecule has 5 aromatic heterocycles. The second kappa shape index (κ2) is 66.4. The predicted octanol–water partition coefficient (Wildman–Crippen LogP) is 20.7. The summed E-state index contributed by atoms with van der Waals surface area (Å²) >= 11 is 12.2. The van der Waals surface area contributed by atoms with E-state index >= 15 is 0 Å². The zero-order chi connectivity index (χ0) is 114. The largest absolute Gasteiger partial charge is 1.00 e. The number of ketones is 3. The summed E-state index contributed by atoms with van der Waals surface area (Å²) in [4.78, 5) is 139. The molecule has 0 aliphatic heterocycles. The molecule has 0 spiro atoms. The Kier molecular flexibility index (Phi) is 69.2. The summed E-state index contributed by atoms with van der Waals surface area (Å²) < 4.78 is 73.7. The fourth-order valence-electron chi connectivity index (χ4n) is 8.27. The Bertz CT molecular complexity index is 4650. The molecule has 2 unspecified atom stereocenters. The van der Waals surface area contributed by atoms with E-state index in [4.69, 9.17) is 74.3 Å². The van der Waals surface area contributed by atoms with Crippen LogP contribution in [0.5, 0.6) is 0 Å². The van der Waals surface area contributed by atoms with Crippen LogP contribution in [0.25, 0.3) is 0 Å². The van der Waals surface area contributed by atoms with Crippen molar-refractivity contribution < 1.29 is 139 Å². The number of hydrogen-bond donors (Lipinski definition) is 5. The van der Waals surface area contributed by atoms with Gasteiger partial charge >= 0.3 is 60.1 Å². The SMILES string of the molecule is C.CC(=O)c1cnc(N(CCO[Si](C)(C)C(C)(C)C)C(=O)OC(C)(C)C)nc1.CC(=O)c1cnc(NCCO)nc1.CC(=O)c1cnc(NCCO[Si](C)(C)C(C)(C)C)nc1.CC(C)(C)OC(=O)OC(=O)OC(C)(C)C.CC(C)(C)[Si](C)(C)Cl.CC(Cl)c1cnc(N(CCO[Si](C)(C)C(C)(C)C)C(=O)OC(C)(C)C)nc1.CC(O)c1cnc(N(CCO[Si](C)(C)C(C)(C)C)C(=O)OC(C)(C)C)nc1.CO.CS(=O)(=O)Cl.[B].[H-].[Na+]. The average molecular weight is 2250 g/mol. The Morgan fingerprint density at radius 1 is 0.395 bits per heavy atom. The number of carbonyl (C=O) groups excluding carboxylic acids is 8. The van der Waals surface area contributed by atoms with Crippen LogP contribution in [0, 0.1) is 0 Å². The van der Waals surface area contributed by atoms with Crippen molar-refractivity contribution >= 4 is 169 Å². The quantitative estimate of drug-likeness (QED) is 0.00357. The van der Waals surface area contributed by atoms with Crippen molar-refractivity contribution in [2.24, 2.45) is 0 Å². The van der Waals surface area contributed by atoms with Crippen LogP contribution >= 0.6 is 33.4 Å². The van der Waals surface area contributed by atoms with Gasteiger partial charge < -0.3 is 73.5 Å². The number of carbonyl (C=O) groups is 8. The van der Waals surface area contributed by atoms with Gasteiger partial charge in [-0.3, -0.25) is 14.4 Å². The third kappa shape index (κ3) is 69.5. The van der Waals surface area contributed by atoms with Gasteiger partial charge in [-0.05, 0) is 216 Å². The monoisotopic (exact) mass is 2250 g/mol. The van der Waals surface area contributed by atoms with Gasteiger partial charge in [-0.25, -0.2) is 96.9 Å². The Balaban J connectivity index is -0.000000259. The molecule has 3 amide bonds. The molecule has 839 valence electrons. The van der Waals surface area contributed by atoms with Gasteiger partial charge in [0.15, 0.2) is 58.0 Å². The van der Waals surface area contributed by atoms with Crippen molar-refractivity contribution in [3.8, 4) is 0 Å². The number of anilines is 5. The molecule has 0 saturated heterocycles. The van der Waals surface area contributed by atoms with Crippen LogP contribution in [-0.4, -0.2) is 278 Å². The number of aromatic nitrogens is 10. The van der Waals surface area contributed by atoms with Gasteiger partial charge in [-0.15, -0.1) is 11.6 Å². The first-order valence-electron chi connectivity index (χ1n) is 47.3. The number of halogens is 3. The molecule has 0 aliphatic rings.